The largest absolute Gasteiger partial charge is 0.325 e. The number of piperidine rings is 1. The number of carbonyl (C=O) groups excluding carboxylic acids is 1. The average Bonchev–Trinajstić information content (AvgIpc) is 3.10. The van der Waals surface area contributed by atoms with Crippen LogP contribution in [0.5, 0.6) is 0 Å². The van der Waals surface area contributed by atoms with E-state index in [1.54, 1.807) is 11.3 Å². The molecule has 1 saturated heterocycles. The Morgan fingerprint density at radius 1 is 1.26 bits per heavy atom. The van der Waals surface area contributed by atoms with Crippen molar-refractivity contribution in [3.8, 4) is 0 Å². The maximum Gasteiger partial charge on any atom is 0.238 e. The molecule has 0 unspecified atom stereocenters. The third-order valence-electron chi connectivity index (χ3n) is 5.10. The molecular weight excluding hydrogens is 378 g/mol. The summed E-state index contributed by atoms with van der Waals surface area (Å²) in [6.45, 7) is 3.21. The summed E-state index contributed by atoms with van der Waals surface area (Å²) in [7, 11) is 0. The molecule has 27 heavy (non-hydrogen) atoms. The highest BCUT2D eigenvalue weighted by molar-refractivity contribution is 7.18. The molecule has 0 saturated carbocycles. The van der Waals surface area contributed by atoms with Gasteiger partial charge in [-0.15, -0.1) is 11.3 Å². The van der Waals surface area contributed by atoms with Gasteiger partial charge < -0.3 is 5.32 Å². The molecule has 4 nitrogen and oxygen atoms in total. The average molecular weight is 400 g/mol. The first-order valence-electron chi connectivity index (χ1n) is 9.26. The van der Waals surface area contributed by atoms with Crippen molar-refractivity contribution in [1.29, 1.82) is 0 Å². The summed E-state index contributed by atoms with van der Waals surface area (Å²) in [4.78, 5) is 19.8. The van der Waals surface area contributed by atoms with Gasteiger partial charge in [0.2, 0.25) is 5.91 Å². The molecule has 0 radical (unpaired) electrons. The number of likely N-dealkylation sites (tertiary alicyclic amines) is 1. The highest BCUT2D eigenvalue weighted by Crippen LogP contribution is 2.35. The fourth-order valence-electron chi connectivity index (χ4n) is 3.61. The molecule has 0 spiro atoms. The van der Waals surface area contributed by atoms with Crippen molar-refractivity contribution in [2.75, 3.05) is 18.4 Å². The van der Waals surface area contributed by atoms with E-state index in [9.17, 15) is 4.79 Å². The monoisotopic (exact) mass is 399 g/mol. The van der Waals surface area contributed by atoms with E-state index < -0.39 is 0 Å². The Morgan fingerprint density at radius 3 is 2.96 bits per heavy atom. The van der Waals surface area contributed by atoms with Gasteiger partial charge in [-0.2, -0.15) is 0 Å². The van der Waals surface area contributed by atoms with Crippen LogP contribution in [0.2, 0.25) is 5.02 Å². The molecule has 6 heteroatoms. The van der Waals surface area contributed by atoms with Crippen LogP contribution in [0.15, 0.2) is 42.5 Å². The predicted octanol–water partition coefficient (Wildman–Crippen LogP) is 5.42. The van der Waals surface area contributed by atoms with Gasteiger partial charge in [0.25, 0.3) is 0 Å². The zero-order valence-corrected chi connectivity index (χ0v) is 16.8. The van der Waals surface area contributed by atoms with E-state index in [2.05, 4.69) is 22.3 Å². The van der Waals surface area contributed by atoms with E-state index in [0.29, 0.717) is 11.6 Å². The second-order valence-corrected chi connectivity index (χ2v) is 8.43. The summed E-state index contributed by atoms with van der Waals surface area (Å²) >= 11 is 7.90. The summed E-state index contributed by atoms with van der Waals surface area (Å²) < 4.78 is 1.21. The summed E-state index contributed by atoms with van der Waals surface area (Å²) in [6, 6.07) is 14.0. The van der Waals surface area contributed by atoms with E-state index in [4.69, 9.17) is 16.6 Å². The number of hydrogen-bond acceptors (Lipinski definition) is 4. The molecule has 1 aliphatic rings. The van der Waals surface area contributed by atoms with Crippen molar-refractivity contribution < 1.29 is 4.79 Å². The summed E-state index contributed by atoms with van der Waals surface area (Å²) in [5, 5.41) is 4.79. The van der Waals surface area contributed by atoms with Gasteiger partial charge in [0.15, 0.2) is 0 Å². The van der Waals surface area contributed by atoms with Crippen LogP contribution in [0, 0.1) is 6.92 Å². The lowest BCUT2D eigenvalue weighted by molar-refractivity contribution is -0.118. The van der Waals surface area contributed by atoms with Crippen molar-refractivity contribution in [2.24, 2.45) is 0 Å². The SMILES string of the molecule is Cc1c(Cl)cccc1NC(=O)CN1CCCC[C@@H]1c1nc2ccccc2s1. The second-order valence-electron chi connectivity index (χ2n) is 6.96. The maximum atomic E-state index is 12.7. The lowest BCUT2D eigenvalue weighted by Crippen LogP contribution is -2.39. The minimum atomic E-state index is -0.00613. The summed E-state index contributed by atoms with van der Waals surface area (Å²) in [5.74, 6) is -0.00613. The van der Waals surface area contributed by atoms with Gasteiger partial charge in [0.1, 0.15) is 5.01 Å². The van der Waals surface area contributed by atoms with Crippen LogP contribution in [0.3, 0.4) is 0 Å². The topological polar surface area (TPSA) is 45.2 Å². The minimum absolute atomic E-state index is 0.00613. The van der Waals surface area contributed by atoms with Crippen molar-refractivity contribution in [2.45, 2.75) is 32.2 Å². The van der Waals surface area contributed by atoms with E-state index in [0.717, 1.165) is 41.2 Å². The van der Waals surface area contributed by atoms with Gasteiger partial charge in [-0.1, -0.05) is 36.2 Å². The molecule has 2 heterocycles. The van der Waals surface area contributed by atoms with E-state index in [-0.39, 0.29) is 11.9 Å². The zero-order chi connectivity index (χ0) is 18.8. The number of para-hydroxylation sites is 1. The molecule has 3 aromatic rings. The number of nitrogens with zero attached hydrogens (tertiary/aromatic N) is 2. The summed E-state index contributed by atoms with van der Waals surface area (Å²) in [5.41, 5.74) is 2.72. The Morgan fingerprint density at radius 2 is 2.11 bits per heavy atom. The Labute approximate surface area is 168 Å². The molecule has 1 N–H and O–H groups in total. The van der Waals surface area contributed by atoms with Crippen LogP contribution < -0.4 is 5.32 Å². The Hall–Kier alpha value is -1.95. The predicted molar refractivity (Wildman–Crippen MR) is 113 cm³/mol. The first kappa shape index (κ1) is 18.4. The number of nitrogens with one attached hydrogen (secondary N) is 1. The molecule has 140 valence electrons. The molecular formula is C21H22ClN3OS. The van der Waals surface area contributed by atoms with Crippen molar-refractivity contribution in [3.63, 3.8) is 0 Å². The van der Waals surface area contributed by atoms with E-state index in [1.807, 2.05) is 37.3 Å². The highest BCUT2D eigenvalue weighted by atomic mass is 35.5. The Balaban J connectivity index is 1.50. The molecule has 1 atom stereocenters. The normalized spacial score (nSPS) is 17.9. The first-order chi connectivity index (χ1) is 13.1. The van der Waals surface area contributed by atoms with Crippen molar-refractivity contribution in [3.05, 3.63) is 58.1 Å². The van der Waals surface area contributed by atoms with Crippen LogP contribution in [-0.2, 0) is 4.79 Å². The minimum Gasteiger partial charge on any atom is -0.325 e. The molecule has 4 rings (SSSR count). The lowest BCUT2D eigenvalue weighted by atomic mass is 10.0. The van der Waals surface area contributed by atoms with Crippen LogP contribution in [0.25, 0.3) is 10.2 Å². The number of aromatic nitrogens is 1. The second kappa shape index (κ2) is 7.97. The number of amides is 1. The van der Waals surface area contributed by atoms with Crippen molar-refractivity contribution in [1.82, 2.24) is 9.88 Å². The van der Waals surface area contributed by atoms with E-state index in [1.165, 1.54) is 11.1 Å². The van der Waals surface area contributed by atoms with Gasteiger partial charge in [0, 0.05) is 10.7 Å². The third-order valence-corrected chi connectivity index (χ3v) is 6.64. The number of anilines is 1. The van der Waals surface area contributed by atoms with Crippen LogP contribution >= 0.6 is 22.9 Å². The third kappa shape index (κ3) is 4.00. The Kier molecular flexibility index (Phi) is 5.43. The maximum absolute atomic E-state index is 12.7. The number of thiazole rings is 1. The van der Waals surface area contributed by atoms with Crippen molar-refractivity contribution >= 4 is 44.7 Å². The molecule has 1 aromatic heterocycles. The number of hydrogen-bond donors (Lipinski definition) is 1. The fraction of sp³-hybridized carbons (Fsp3) is 0.333. The standard InChI is InChI=1S/C21H22ClN3OS/c1-14-15(22)7-6-9-16(14)23-20(26)13-25-12-5-4-10-18(25)21-24-17-8-2-3-11-19(17)27-21/h2-3,6-9,11,18H,4-5,10,12-13H2,1H3,(H,23,26)/t18-/m1/s1. The van der Waals surface area contributed by atoms with Crippen LogP contribution in [0.4, 0.5) is 5.69 Å². The number of rotatable bonds is 4. The first-order valence-corrected chi connectivity index (χ1v) is 10.5. The Bertz CT molecular complexity index is 938. The number of carbonyl (C=O) groups is 1. The zero-order valence-electron chi connectivity index (χ0n) is 15.2. The number of benzene rings is 2. The lowest BCUT2D eigenvalue weighted by Gasteiger charge is -2.33. The van der Waals surface area contributed by atoms with Gasteiger partial charge >= 0.3 is 0 Å². The van der Waals surface area contributed by atoms with Gasteiger partial charge in [0.05, 0.1) is 22.8 Å². The van der Waals surface area contributed by atoms with Crippen LogP contribution in [-0.4, -0.2) is 28.9 Å². The molecule has 0 bridgehead atoms. The molecule has 1 amide bonds. The fourth-order valence-corrected chi connectivity index (χ4v) is 4.92. The quantitative estimate of drug-likeness (QED) is 0.636. The number of halogens is 1. The van der Waals surface area contributed by atoms with E-state index >= 15 is 0 Å². The van der Waals surface area contributed by atoms with Crippen LogP contribution in [0.1, 0.15) is 35.9 Å². The van der Waals surface area contributed by atoms with Gasteiger partial charge in [-0.3, -0.25) is 9.69 Å². The molecule has 0 aliphatic carbocycles. The smallest absolute Gasteiger partial charge is 0.238 e. The molecule has 1 fully saturated rings. The van der Waals surface area contributed by atoms with Gasteiger partial charge in [-0.05, 0) is 56.1 Å². The number of fused-ring (bicyclic) bond motifs is 1. The van der Waals surface area contributed by atoms with Gasteiger partial charge in [-0.25, -0.2) is 4.98 Å². The summed E-state index contributed by atoms with van der Waals surface area (Å²) in [6.07, 6.45) is 3.33. The molecule has 1 aliphatic heterocycles. The molecule has 2 aromatic carbocycles. The highest BCUT2D eigenvalue weighted by Gasteiger charge is 2.28.